The third kappa shape index (κ3) is 4.53. The average Bonchev–Trinajstić information content (AvgIpc) is 2.77. The number of amides is 1. The molecular formula is C9H16N4O3S. The number of hydrogen-bond donors (Lipinski definition) is 3. The molecular weight excluding hydrogens is 244 g/mol. The Labute approximate surface area is 100 Å². The smallest absolute Gasteiger partial charge is 0.258 e. The molecule has 0 radical (unpaired) electrons. The molecule has 1 aromatic rings. The van der Waals surface area contributed by atoms with Crippen molar-refractivity contribution in [2.24, 2.45) is 5.92 Å². The largest absolute Gasteiger partial charge is 0.355 e. The number of nitrogens with one attached hydrogen (secondary N) is 3. The first kappa shape index (κ1) is 13.7. The van der Waals surface area contributed by atoms with E-state index in [0.29, 0.717) is 12.5 Å². The van der Waals surface area contributed by atoms with E-state index >= 15 is 0 Å². The highest BCUT2D eigenvalue weighted by Gasteiger charge is 2.16. The molecule has 0 saturated heterocycles. The van der Waals surface area contributed by atoms with Gasteiger partial charge in [0.25, 0.3) is 10.0 Å². The summed E-state index contributed by atoms with van der Waals surface area (Å²) in [7, 11) is -3.68. The molecule has 0 atom stereocenters. The van der Waals surface area contributed by atoms with E-state index < -0.39 is 10.0 Å². The third-order valence-corrected chi connectivity index (χ3v) is 3.22. The zero-order chi connectivity index (χ0) is 12.9. The van der Waals surface area contributed by atoms with Crippen molar-refractivity contribution < 1.29 is 13.2 Å². The molecule has 0 aliphatic carbocycles. The summed E-state index contributed by atoms with van der Waals surface area (Å²) >= 11 is 0. The Morgan fingerprint density at radius 1 is 1.53 bits per heavy atom. The number of sulfonamides is 1. The number of nitrogens with zero attached hydrogens (tertiary/aromatic N) is 1. The van der Waals surface area contributed by atoms with Crippen LogP contribution in [0.1, 0.15) is 13.8 Å². The minimum atomic E-state index is -3.68. The molecule has 0 spiro atoms. The standard InChI is InChI=1S/C9H16N4O3S/c1-7(2)3-11-8(14)4-13-17(15,16)9-5-10-6-12-9/h5-7,13H,3-4H2,1-2H3,(H,10,12)(H,11,14). The number of aromatic amines is 1. The highest BCUT2D eigenvalue weighted by molar-refractivity contribution is 7.89. The Morgan fingerprint density at radius 2 is 2.24 bits per heavy atom. The van der Waals surface area contributed by atoms with Gasteiger partial charge in [-0.05, 0) is 5.92 Å². The predicted octanol–water partition coefficient (Wildman–Crippen LogP) is -0.540. The van der Waals surface area contributed by atoms with Gasteiger partial charge in [0.15, 0.2) is 5.03 Å². The summed E-state index contributed by atoms with van der Waals surface area (Å²) in [5, 5.41) is 2.55. The fourth-order valence-corrected chi connectivity index (χ4v) is 1.89. The second kappa shape index (κ2) is 5.78. The van der Waals surface area contributed by atoms with Crippen LogP contribution in [0.25, 0.3) is 0 Å². The maximum Gasteiger partial charge on any atom is 0.258 e. The van der Waals surface area contributed by atoms with E-state index in [-0.39, 0.29) is 17.5 Å². The molecule has 7 nitrogen and oxygen atoms in total. The SMILES string of the molecule is CC(C)CNC(=O)CNS(=O)(=O)c1cnc[nH]1. The zero-order valence-electron chi connectivity index (χ0n) is 9.73. The van der Waals surface area contributed by atoms with Crippen molar-refractivity contribution in [1.82, 2.24) is 20.0 Å². The lowest BCUT2D eigenvalue weighted by molar-refractivity contribution is -0.120. The van der Waals surface area contributed by atoms with E-state index in [4.69, 9.17) is 0 Å². The molecule has 1 amide bonds. The fraction of sp³-hybridized carbons (Fsp3) is 0.556. The normalized spacial score (nSPS) is 11.7. The summed E-state index contributed by atoms with van der Waals surface area (Å²) in [6, 6.07) is 0. The second-order valence-electron chi connectivity index (χ2n) is 3.94. The van der Waals surface area contributed by atoms with E-state index in [9.17, 15) is 13.2 Å². The monoisotopic (exact) mass is 260 g/mol. The number of imidazole rings is 1. The summed E-state index contributed by atoms with van der Waals surface area (Å²) in [6.07, 6.45) is 2.43. The molecule has 0 unspecified atom stereocenters. The minimum Gasteiger partial charge on any atom is -0.355 e. The van der Waals surface area contributed by atoms with Crippen LogP contribution in [-0.4, -0.2) is 37.4 Å². The number of hydrogen-bond acceptors (Lipinski definition) is 4. The van der Waals surface area contributed by atoms with Crippen LogP contribution in [-0.2, 0) is 14.8 Å². The predicted molar refractivity (Wildman–Crippen MR) is 61.6 cm³/mol. The lowest BCUT2D eigenvalue weighted by Crippen LogP contribution is -2.38. The number of aromatic nitrogens is 2. The lowest BCUT2D eigenvalue weighted by atomic mass is 10.2. The van der Waals surface area contributed by atoms with Gasteiger partial charge >= 0.3 is 0 Å². The van der Waals surface area contributed by atoms with Crippen LogP contribution < -0.4 is 10.0 Å². The molecule has 0 aliphatic rings. The number of carbonyl (C=O) groups is 1. The Bertz CT molecular complexity index is 453. The highest BCUT2D eigenvalue weighted by Crippen LogP contribution is 2.00. The summed E-state index contributed by atoms with van der Waals surface area (Å²) in [5.74, 6) is -0.0371. The Hall–Kier alpha value is -1.41. The molecule has 17 heavy (non-hydrogen) atoms. The van der Waals surface area contributed by atoms with Crippen LogP contribution in [0.3, 0.4) is 0 Å². The maximum atomic E-state index is 11.6. The van der Waals surface area contributed by atoms with Crippen molar-refractivity contribution in [1.29, 1.82) is 0 Å². The molecule has 1 heterocycles. The van der Waals surface area contributed by atoms with Gasteiger partial charge in [-0.1, -0.05) is 13.8 Å². The molecule has 0 bridgehead atoms. The van der Waals surface area contributed by atoms with Gasteiger partial charge in [0.1, 0.15) is 0 Å². The minimum absolute atomic E-state index is 0.0610. The first-order valence-electron chi connectivity index (χ1n) is 5.16. The van der Waals surface area contributed by atoms with Crippen molar-refractivity contribution in [3.8, 4) is 0 Å². The van der Waals surface area contributed by atoms with E-state index in [0.717, 1.165) is 0 Å². The van der Waals surface area contributed by atoms with E-state index in [1.54, 1.807) is 0 Å². The number of H-pyrrole nitrogens is 1. The molecule has 1 aromatic heterocycles. The van der Waals surface area contributed by atoms with Crippen LogP contribution >= 0.6 is 0 Å². The third-order valence-electron chi connectivity index (χ3n) is 1.89. The Balaban J connectivity index is 2.43. The summed E-state index contributed by atoms with van der Waals surface area (Å²) in [6.45, 7) is 4.14. The summed E-state index contributed by atoms with van der Waals surface area (Å²) in [5.41, 5.74) is 0. The topological polar surface area (TPSA) is 104 Å². The van der Waals surface area contributed by atoms with Crippen LogP contribution in [0.4, 0.5) is 0 Å². The first-order valence-corrected chi connectivity index (χ1v) is 6.65. The van der Waals surface area contributed by atoms with Gasteiger partial charge in [-0.3, -0.25) is 4.79 Å². The quantitative estimate of drug-likeness (QED) is 0.639. The lowest BCUT2D eigenvalue weighted by Gasteiger charge is -2.08. The van der Waals surface area contributed by atoms with Gasteiger partial charge in [-0.15, -0.1) is 0 Å². The van der Waals surface area contributed by atoms with E-state index in [1.165, 1.54) is 12.5 Å². The van der Waals surface area contributed by atoms with Gasteiger partial charge in [0.2, 0.25) is 5.91 Å². The molecule has 3 N–H and O–H groups in total. The van der Waals surface area contributed by atoms with E-state index in [1.807, 2.05) is 13.8 Å². The molecule has 0 fully saturated rings. The molecule has 0 saturated carbocycles. The van der Waals surface area contributed by atoms with Crippen LogP contribution in [0.5, 0.6) is 0 Å². The average molecular weight is 260 g/mol. The second-order valence-corrected chi connectivity index (χ2v) is 5.67. The van der Waals surface area contributed by atoms with E-state index in [2.05, 4.69) is 20.0 Å². The number of rotatable bonds is 6. The number of carbonyl (C=O) groups excluding carboxylic acids is 1. The van der Waals surface area contributed by atoms with Crippen molar-refractivity contribution in [3.05, 3.63) is 12.5 Å². The fourth-order valence-electron chi connectivity index (χ4n) is 1.01. The van der Waals surface area contributed by atoms with Crippen LogP contribution in [0.15, 0.2) is 17.6 Å². The van der Waals surface area contributed by atoms with Crippen molar-refractivity contribution in [3.63, 3.8) is 0 Å². The molecule has 1 rings (SSSR count). The van der Waals surface area contributed by atoms with Crippen molar-refractivity contribution >= 4 is 15.9 Å². The Kier molecular flexibility index (Phi) is 4.64. The van der Waals surface area contributed by atoms with Crippen LogP contribution in [0.2, 0.25) is 0 Å². The first-order chi connectivity index (χ1) is 7.92. The van der Waals surface area contributed by atoms with Gasteiger partial charge in [0.05, 0.1) is 19.1 Å². The highest BCUT2D eigenvalue weighted by atomic mass is 32.2. The molecule has 96 valence electrons. The maximum absolute atomic E-state index is 11.6. The van der Waals surface area contributed by atoms with Crippen molar-refractivity contribution in [2.45, 2.75) is 18.9 Å². The van der Waals surface area contributed by atoms with Gasteiger partial charge in [-0.2, -0.15) is 0 Å². The van der Waals surface area contributed by atoms with Gasteiger partial charge < -0.3 is 10.3 Å². The van der Waals surface area contributed by atoms with Gasteiger partial charge in [0, 0.05) is 6.54 Å². The zero-order valence-corrected chi connectivity index (χ0v) is 10.5. The van der Waals surface area contributed by atoms with Gasteiger partial charge in [-0.25, -0.2) is 18.1 Å². The summed E-state index contributed by atoms with van der Waals surface area (Å²) < 4.78 is 25.3. The summed E-state index contributed by atoms with van der Waals surface area (Å²) in [4.78, 5) is 17.4. The van der Waals surface area contributed by atoms with Crippen LogP contribution in [0, 0.1) is 5.92 Å². The molecule has 0 aliphatic heterocycles. The Morgan fingerprint density at radius 3 is 2.76 bits per heavy atom. The molecule has 8 heteroatoms. The van der Waals surface area contributed by atoms with Crippen molar-refractivity contribution in [2.75, 3.05) is 13.1 Å². The molecule has 0 aromatic carbocycles.